The Morgan fingerprint density at radius 2 is 2.46 bits per heavy atom. The Morgan fingerprint density at radius 1 is 1.77 bits per heavy atom. The van der Waals surface area contributed by atoms with Gasteiger partial charge in [-0.15, -0.1) is 0 Å². The zero-order chi connectivity index (χ0) is 9.84. The molecule has 5 heteroatoms. The van der Waals surface area contributed by atoms with Crippen LogP contribution in [0.25, 0.3) is 0 Å². The largest absolute Gasteiger partial charge is 0.505 e. The van der Waals surface area contributed by atoms with Crippen LogP contribution >= 0.6 is 0 Å². The van der Waals surface area contributed by atoms with E-state index in [0.717, 1.165) is 12.3 Å². The average molecular weight is 185 g/mol. The first-order valence-electron chi connectivity index (χ1n) is 3.66. The smallest absolute Gasteiger partial charge is 0.360 e. The van der Waals surface area contributed by atoms with Crippen molar-refractivity contribution in [3.63, 3.8) is 0 Å². The van der Waals surface area contributed by atoms with Crippen LogP contribution in [0.15, 0.2) is 12.3 Å². The number of hydrogen-bond donors (Lipinski definition) is 1. The highest BCUT2D eigenvalue weighted by molar-refractivity contribution is 5.89. The van der Waals surface area contributed by atoms with Crippen LogP contribution in [0.1, 0.15) is 17.4 Å². The Labute approximate surface area is 74.0 Å². The van der Waals surface area contributed by atoms with E-state index in [4.69, 9.17) is 5.11 Å². The highest BCUT2D eigenvalue weighted by Gasteiger charge is 2.14. The molecule has 0 fully saturated rings. The van der Waals surface area contributed by atoms with E-state index in [9.17, 15) is 9.18 Å². The molecule has 4 nitrogen and oxygen atoms in total. The number of aromatic hydroxyl groups is 1. The van der Waals surface area contributed by atoms with E-state index < -0.39 is 17.5 Å². The van der Waals surface area contributed by atoms with Gasteiger partial charge in [0.1, 0.15) is 5.82 Å². The Hall–Kier alpha value is -1.65. The molecule has 0 amide bonds. The van der Waals surface area contributed by atoms with E-state index in [1.54, 1.807) is 6.92 Å². The van der Waals surface area contributed by atoms with Crippen molar-refractivity contribution >= 4 is 5.97 Å². The molecule has 0 atom stereocenters. The summed E-state index contributed by atoms with van der Waals surface area (Å²) < 4.78 is 17.0. The molecule has 70 valence electrons. The molecule has 1 rings (SSSR count). The minimum absolute atomic E-state index is 0.178. The van der Waals surface area contributed by atoms with Gasteiger partial charge in [0.2, 0.25) is 0 Å². The maximum absolute atomic E-state index is 12.4. The Balaban J connectivity index is 2.95. The number of pyridine rings is 1. The molecule has 0 aliphatic heterocycles. The van der Waals surface area contributed by atoms with Gasteiger partial charge >= 0.3 is 5.97 Å². The lowest BCUT2D eigenvalue weighted by atomic mass is 10.3. The van der Waals surface area contributed by atoms with Crippen molar-refractivity contribution in [2.24, 2.45) is 0 Å². The monoisotopic (exact) mass is 185 g/mol. The lowest BCUT2D eigenvalue weighted by molar-refractivity contribution is 0.0515. The summed E-state index contributed by atoms with van der Waals surface area (Å²) >= 11 is 0. The van der Waals surface area contributed by atoms with Crippen molar-refractivity contribution in [3.8, 4) is 5.75 Å². The molecule has 0 aliphatic carbocycles. The molecule has 13 heavy (non-hydrogen) atoms. The van der Waals surface area contributed by atoms with Gasteiger partial charge in [-0.1, -0.05) is 0 Å². The van der Waals surface area contributed by atoms with E-state index in [1.807, 2.05) is 0 Å². The highest BCUT2D eigenvalue weighted by Crippen LogP contribution is 2.15. The van der Waals surface area contributed by atoms with Crippen molar-refractivity contribution in [1.29, 1.82) is 0 Å². The molecular weight excluding hydrogens is 177 g/mol. The second-order valence-corrected chi connectivity index (χ2v) is 2.24. The predicted molar refractivity (Wildman–Crippen MR) is 41.8 cm³/mol. The predicted octanol–water partition coefficient (Wildman–Crippen LogP) is 1.10. The van der Waals surface area contributed by atoms with Crippen LogP contribution in [0.5, 0.6) is 5.75 Å². The Bertz CT molecular complexity index is 327. The van der Waals surface area contributed by atoms with Gasteiger partial charge in [-0.2, -0.15) is 0 Å². The number of aromatic nitrogens is 1. The molecule has 0 bridgehead atoms. The number of nitrogens with zero attached hydrogens (tertiary/aromatic N) is 1. The summed E-state index contributed by atoms with van der Waals surface area (Å²) in [4.78, 5) is 14.4. The topological polar surface area (TPSA) is 59.4 Å². The van der Waals surface area contributed by atoms with Crippen LogP contribution < -0.4 is 0 Å². The van der Waals surface area contributed by atoms with E-state index in [0.29, 0.717) is 0 Å². The molecule has 1 aromatic rings. The maximum Gasteiger partial charge on any atom is 0.360 e. The second-order valence-electron chi connectivity index (χ2n) is 2.24. The second kappa shape index (κ2) is 3.84. The average Bonchev–Trinajstić information content (AvgIpc) is 2.04. The van der Waals surface area contributed by atoms with E-state index in [-0.39, 0.29) is 12.3 Å². The summed E-state index contributed by atoms with van der Waals surface area (Å²) in [5, 5.41) is 9.09. The highest BCUT2D eigenvalue weighted by atomic mass is 19.1. The number of rotatable bonds is 2. The van der Waals surface area contributed by atoms with Crippen molar-refractivity contribution in [2.45, 2.75) is 6.92 Å². The van der Waals surface area contributed by atoms with Gasteiger partial charge < -0.3 is 9.84 Å². The third kappa shape index (κ3) is 2.14. The molecule has 0 aliphatic rings. The Kier molecular flexibility index (Phi) is 2.79. The lowest BCUT2D eigenvalue weighted by Gasteiger charge is -2.02. The first-order chi connectivity index (χ1) is 6.15. The minimum Gasteiger partial charge on any atom is -0.505 e. The maximum atomic E-state index is 12.4. The normalized spacial score (nSPS) is 9.69. The van der Waals surface area contributed by atoms with Crippen LogP contribution in [0, 0.1) is 5.82 Å². The fourth-order valence-corrected chi connectivity index (χ4v) is 0.785. The third-order valence-electron chi connectivity index (χ3n) is 1.30. The summed E-state index contributed by atoms with van der Waals surface area (Å²) in [7, 11) is 0. The van der Waals surface area contributed by atoms with Gasteiger partial charge in [0.05, 0.1) is 12.8 Å². The number of esters is 1. The fraction of sp³-hybridized carbons (Fsp3) is 0.250. The van der Waals surface area contributed by atoms with Crippen molar-refractivity contribution in [2.75, 3.05) is 6.61 Å². The summed E-state index contributed by atoms with van der Waals surface area (Å²) in [5.74, 6) is -1.98. The Morgan fingerprint density at radius 3 is 3.00 bits per heavy atom. The van der Waals surface area contributed by atoms with Crippen LogP contribution in [-0.4, -0.2) is 22.7 Å². The molecule has 1 aromatic heterocycles. The van der Waals surface area contributed by atoms with Crippen LogP contribution in [-0.2, 0) is 4.74 Å². The molecule has 0 saturated heterocycles. The SMILES string of the molecule is CCOC(=O)c1ncc(F)cc1O. The van der Waals surface area contributed by atoms with Gasteiger partial charge in [0.15, 0.2) is 11.4 Å². The molecule has 1 N–H and O–H groups in total. The lowest BCUT2D eigenvalue weighted by Crippen LogP contribution is -2.07. The van der Waals surface area contributed by atoms with Crippen LogP contribution in [0.2, 0.25) is 0 Å². The van der Waals surface area contributed by atoms with Gasteiger partial charge in [-0.3, -0.25) is 0 Å². The first kappa shape index (κ1) is 9.44. The summed E-state index contributed by atoms with van der Waals surface area (Å²) in [6, 6.07) is 0.805. The molecular formula is C8H8FNO3. The van der Waals surface area contributed by atoms with Crippen LogP contribution in [0.4, 0.5) is 4.39 Å². The quantitative estimate of drug-likeness (QED) is 0.701. The summed E-state index contributed by atoms with van der Waals surface area (Å²) in [6.45, 7) is 1.80. The van der Waals surface area contributed by atoms with Crippen molar-refractivity contribution in [3.05, 3.63) is 23.8 Å². The van der Waals surface area contributed by atoms with Crippen molar-refractivity contribution < 1.29 is 19.0 Å². The van der Waals surface area contributed by atoms with E-state index in [2.05, 4.69) is 9.72 Å². The standard InChI is InChI=1S/C8H8FNO3/c1-2-13-8(12)7-6(11)3-5(9)4-10-7/h3-4,11H,2H2,1H3. The number of halogens is 1. The molecule has 0 aromatic carbocycles. The number of carbonyl (C=O) groups is 1. The molecule has 0 radical (unpaired) electrons. The molecule has 0 spiro atoms. The number of ether oxygens (including phenoxy) is 1. The molecule has 0 unspecified atom stereocenters. The summed E-state index contributed by atoms with van der Waals surface area (Å²) in [6.07, 6.45) is 0.839. The van der Waals surface area contributed by atoms with E-state index in [1.165, 1.54) is 0 Å². The van der Waals surface area contributed by atoms with Crippen LogP contribution in [0.3, 0.4) is 0 Å². The fourth-order valence-electron chi connectivity index (χ4n) is 0.785. The van der Waals surface area contributed by atoms with Gasteiger partial charge in [-0.05, 0) is 6.92 Å². The number of carbonyl (C=O) groups excluding carboxylic acids is 1. The zero-order valence-corrected chi connectivity index (χ0v) is 6.95. The first-order valence-corrected chi connectivity index (χ1v) is 3.66. The van der Waals surface area contributed by atoms with E-state index >= 15 is 0 Å². The third-order valence-corrected chi connectivity index (χ3v) is 1.30. The summed E-state index contributed by atoms with van der Waals surface area (Å²) in [5.41, 5.74) is -0.275. The molecule has 1 heterocycles. The zero-order valence-electron chi connectivity index (χ0n) is 6.95. The minimum atomic E-state index is -0.764. The van der Waals surface area contributed by atoms with Gasteiger partial charge in [-0.25, -0.2) is 14.2 Å². The molecule has 0 saturated carbocycles. The van der Waals surface area contributed by atoms with Gasteiger partial charge in [0.25, 0.3) is 0 Å². The van der Waals surface area contributed by atoms with Crippen molar-refractivity contribution in [1.82, 2.24) is 4.98 Å². The number of hydrogen-bond acceptors (Lipinski definition) is 4. The van der Waals surface area contributed by atoms with Gasteiger partial charge in [0, 0.05) is 6.07 Å².